The van der Waals surface area contributed by atoms with Crippen LogP contribution in [0.25, 0.3) is 0 Å². The van der Waals surface area contributed by atoms with Crippen molar-refractivity contribution in [2.75, 3.05) is 0 Å². The predicted octanol–water partition coefficient (Wildman–Crippen LogP) is 2.13. The van der Waals surface area contributed by atoms with Crippen molar-refractivity contribution in [3.8, 4) is 0 Å². The molecule has 2 nitrogen and oxygen atoms in total. The van der Waals surface area contributed by atoms with Crippen LogP contribution in [-0.4, -0.2) is 26.9 Å². The third-order valence-corrected chi connectivity index (χ3v) is 4.97. The number of rotatable bonds is 7. The minimum absolute atomic E-state index is 0.0926. The van der Waals surface area contributed by atoms with Crippen molar-refractivity contribution in [1.82, 2.24) is 5.32 Å². The van der Waals surface area contributed by atoms with Crippen molar-refractivity contribution >= 4 is 25.3 Å². The quantitative estimate of drug-likeness (QED) is 0.768. The predicted molar refractivity (Wildman–Crippen MR) is 73.8 cm³/mol. The topological polar surface area (TPSA) is 29.1 Å². The summed E-state index contributed by atoms with van der Waals surface area (Å²) in [6, 6.07) is 10.9. The average molecular weight is 298 g/mol. The number of carbonyl (C=O) groups excluding carboxylic acids is 1. The second-order valence-corrected chi connectivity index (χ2v) is 6.46. The third-order valence-electron chi connectivity index (χ3n) is 2.51. The Morgan fingerprint density at radius 1 is 1.35 bits per heavy atom. The number of benzene rings is 1. The van der Waals surface area contributed by atoms with Crippen LogP contribution in [0.3, 0.4) is 0 Å². The van der Waals surface area contributed by atoms with E-state index in [-0.39, 0.29) is 5.91 Å². The van der Waals surface area contributed by atoms with Gasteiger partial charge in [-0.05, 0) is 0 Å². The SMILES string of the molecule is CCCCC(C[Se]c1ccccc1)NC(C)=O. The van der Waals surface area contributed by atoms with Crippen LogP contribution in [0.2, 0.25) is 5.32 Å². The number of amides is 1. The summed E-state index contributed by atoms with van der Waals surface area (Å²) in [5, 5.41) is 4.16. The first kappa shape index (κ1) is 14.3. The van der Waals surface area contributed by atoms with Gasteiger partial charge in [-0.15, -0.1) is 0 Å². The monoisotopic (exact) mass is 299 g/mol. The molecule has 1 aromatic carbocycles. The Bertz CT molecular complexity index is 326. The number of nitrogens with one attached hydrogen (secondary N) is 1. The molecule has 17 heavy (non-hydrogen) atoms. The molecule has 0 radical (unpaired) electrons. The summed E-state index contributed by atoms with van der Waals surface area (Å²) >= 11 is 0.460. The van der Waals surface area contributed by atoms with E-state index in [4.69, 9.17) is 0 Å². The first-order valence-electron chi connectivity index (χ1n) is 6.17. The Hall–Kier alpha value is -0.791. The number of carbonyl (C=O) groups is 1. The minimum atomic E-state index is 0.0926. The van der Waals surface area contributed by atoms with E-state index in [1.807, 2.05) is 6.07 Å². The zero-order valence-corrected chi connectivity index (χ0v) is 12.3. The van der Waals surface area contributed by atoms with Gasteiger partial charge in [-0.1, -0.05) is 0 Å². The molecule has 0 heterocycles. The van der Waals surface area contributed by atoms with Crippen LogP contribution in [0.5, 0.6) is 0 Å². The zero-order chi connectivity index (χ0) is 12.5. The van der Waals surface area contributed by atoms with Crippen LogP contribution in [0.1, 0.15) is 33.1 Å². The van der Waals surface area contributed by atoms with Crippen LogP contribution in [0, 0.1) is 0 Å². The second-order valence-electron chi connectivity index (χ2n) is 4.16. The summed E-state index contributed by atoms with van der Waals surface area (Å²) in [5.74, 6) is 0.0926. The molecule has 0 saturated carbocycles. The zero-order valence-electron chi connectivity index (χ0n) is 10.6. The van der Waals surface area contributed by atoms with Gasteiger partial charge in [0, 0.05) is 0 Å². The van der Waals surface area contributed by atoms with Gasteiger partial charge in [-0.2, -0.15) is 0 Å². The molecule has 0 saturated heterocycles. The van der Waals surface area contributed by atoms with Crippen LogP contribution < -0.4 is 9.78 Å². The van der Waals surface area contributed by atoms with Crippen molar-refractivity contribution in [2.24, 2.45) is 0 Å². The summed E-state index contributed by atoms with van der Waals surface area (Å²) in [7, 11) is 0. The molecule has 94 valence electrons. The Balaban J connectivity index is 2.40. The van der Waals surface area contributed by atoms with E-state index in [1.54, 1.807) is 6.92 Å². The Morgan fingerprint density at radius 3 is 2.65 bits per heavy atom. The van der Waals surface area contributed by atoms with Crippen molar-refractivity contribution in [2.45, 2.75) is 44.5 Å². The molecule has 1 unspecified atom stereocenters. The van der Waals surface area contributed by atoms with E-state index in [2.05, 4.69) is 36.5 Å². The third kappa shape index (κ3) is 6.50. The van der Waals surface area contributed by atoms with E-state index in [0.29, 0.717) is 21.0 Å². The summed E-state index contributed by atoms with van der Waals surface area (Å²) in [4.78, 5) is 11.1. The molecule has 0 aliphatic rings. The van der Waals surface area contributed by atoms with Gasteiger partial charge in [0.05, 0.1) is 0 Å². The van der Waals surface area contributed by atoms with Gasteiger partial charge in [0.15, 0.2) is 0 Å². The molecule has 0 fully saturated rings. The molecule has 0 spiro atoms. The fourth-order valence-corrected chi connectivity index (χ4v) is 3.73. The standard InChI is InChI=1S/C14H21NOSe/c1-3-4-8-13(15-12(2)16)11-17-14-9-6-5-7-10-14/h5-7,9-10,13H,3-4,8,11H2,1-2H3,(H,15,16). The van der Waals surface area contributed by atoms with E-state index in [1.165, 1.54) is 17.3 Å². The molecule has 0 aliphatic carbocycles. The molecule has 3 heteroatoms. The van der Waals surface area contributed by atoms with Crippen molar-refractivity contribution < 1.29 is 4.79 Å². The molecule has 1 N–H and O–H groups in total. The molecule has 0 aliphatic heterocycles. The normalized spacial score (nSPS) is 12.1. The summed E-state index contributed by atoms with van der Waals surface area (Å²) < 4.78 is 1.41. The molecular weight excluding hydrogens is 277 g/mol. The number of unbranched alkanes of at least 4 members (excludes halogenated alkanes) is 1. The molecule has 1 rings (SSSR count). The Kier molecular flexibility index (Phi) is 6.99. The van der Waals surface area contributed by atoms with Gasteiger partial charge in [0.1, 0.15) is 0 Å². The van der Waals surface area contributed by atoms with Crippen molar-refractivity contribution in [1.29, 1.82) is 0 Å². The molecule has 0 aromatic heterocycles. The molecule has 0 bridgehead atoms. The van der Waals surface area contributed by atoms with Gasteiger partial charge in [0.25, 0.3) is 0 Å². The number of hydrogen-bond acceptors (Lipinski definition) is 1. The van der Waals surface area contributed by atoms with Crippen molar-refractivity contribution in [3.05, 3.63) is 30.3 Å². The average Bonchev–Trinajstić information content (AvgIpc) is 2.33. The fraction of sp³-hybridized carbons (Fsp3) is 0.500. The van der Waals surface area contributed by atoms with Gasteiger partial charge in [-0.25, -0.2) is 0 Å². The van der Waals surface area contributed by atoms with E-state index < -0.39 is 0 Å². The van der Waals surface area contributed by atoms with Gasteiger partial charge in [-0.3, -0.25) is 0 Å². The van der Waals surface area contributed by atoms with Gasteiger partial charge >= 0.3 is 110 Å². The van der Waals surface area contributed by atoms with Gasteiger partial charge in [0.2, 0.25) is 0 Å². The van der Waals surface area contributed by atoms with E-state index in [9.17, 15) is 4.79 Å². The molecule has 1 amide bonds. The van der Waals surface area contributed by atoms with E-state index in [0.717, 1.165) is 11.7 Å². The maximum absolute atomic E-state index is 11.1. The molecule has 1 aromatic rings. The summed E-state index contributed by atoms with van der Waals surface area (Å²) in [6.07, 6.45) is 3.48. The fourth-order valence-electron chi connectivity index (χ4n) is 1.65. The number of hydrogen-bond donors (Lipinski definition) is 1. The van der Waals surface area contributed by atoms with Gasteiger partial charge < -0.3 is 0 Å². The van der Waals surface area contributed by atoms with Crippen LogP contribution >= 0.6 is 0 Å². The van der Waals surface area contributed by atoms with E-state index >= 15 is 0 Å². The molecular formula is C14H21NOSe. The first-order valence-corrected chi connectivity index (χ1v) is 8.24. The Labute approximate surface area is 110 Å². The van der Waals surface area contributed by atoms with Crippen LogP contribution in [0.15, 0.2) is 30.3 Å². The van der Waals surface area contributed by atoms with Crippen molar-refractivity contribution in [3.63, 3.8) is 0 Å². The first-order chi connectivity index (χ1) is 8.22. The van der Waals surface area contributed by atoms with Crippen LogP contribution in [-0.2, 0) is 4.79 Å². The second kappa shape index (κ2) is 8.32. The summed E-state index contributed by atoms with van der Waals surface area (Å²) in [5.41, 5.74) is 0. The summed E-state index contributed by atoms with van der Waals surface area (Å²) in [6.45, 7) is 3.79. The maximum atomic E-state index is 11.1. The molecule has 1 atom stereocenters. The van der Waals surface area contributed by atoms with Crippen LogP contribution in [0.4, 0.5) is 0 Å². The Morgan fingerprint density at radius 2 is 2.06 bits per heavy atom.